The van der Waals surface area contributed by atoms with E-state index in [0.717, 1.165) is 25.9 Å². The van der Waals surface area contributed by atoms with E-state index in [1.54, 1.807) is 0 Å². The summed E-state index contributed by atoms with van der Waals surface area (Å²) in [6.45, 7) is 14.1. The molecule has 1 spiro atoms. The molecule has 5 heteroatoms. The second kappa shape index (κ2) is 5.09. The van der Waals surface area contributed by atoms with Crippen molar-refractivity contribution < 1.29 is 9.53 Å². The van der Waals surface area contributed by atoms with E-state index in [1.807, 2.05) is 37.4 Å². The van der Waals surface area contributed by atoms with Crippen LogP contribution in [-0.2, 0) is 4.74 Å². The zero-order valence-electron chi connectivity index (χ0n) is 13.6. The molecule has 0 saturated carbocycles. The molecule has 0 bridgehead atoms. The number of piperidine rings is 1. The Balaban J connectivity index is 2.06. The van der Waals surface area contributed by atoms with Gasteiger partial charge in [-0.1, -0.05) is 6.92 Å². The number of carbonyl (C=O) groups excluding carboxylic acids is 1. The number of thioether (sulfide) groups is 1. The van der Waals surface area contributed by atoms with Crippen LogP contribution in [0.25, 0.3) is 0 Å². The predicted molar refractivity (Wildman–Crippen MR) is 84.0 cm³/mol. The summed E-state index contributed by atoms with van der Waals surface area (Å²) in [7, 11) is 0. The number of likely N-dealkylation sites (tertiary alicyclic amines) is 1. The lowest BCUT2D eigenvalue weighted by atomic mass is 9.86. The molecule has 0 aromatic carbocycles. The maximum Gasteiger partial charge on any atom is 0.410 e. The summed E-state index contributed by atoms with van der Waals surface area (Å²) in [5.74, 6) is 0. The second-order valence-corrected chi connectivity index (χ2v) is 9.50. The highest BCUT2D eigenvalue weighted by Crippen LogP contribution is 2.46. The van der Waals surface area contributed by atoms with Crippen LogP contribution in [0.3, 0.4) is 0 Å². The van der Waals surface area contributed by atoms with E-state index in [1.165, 1.54) is 0 Å². The maximum atomic E-state index is 12.4. The van der Waals surface area contributed by atoms with Gasteiger partial charge in [0, 0.05) is 23.9 Å². The highest BCUT2D eigenvalue weighted by molar-refractivity contribution is 8.01. The zero-order chi connectivity index (χ0) is 15.2. The van der Waals surface area contributed by atoms with E-state index >= 15 is 0 Å². The summed E-state index contributed by atoms with van der Waals surface area (Å²) in [6, 6.07) is 0. The first-order valence-electron chi connectivity index (χ1n) is 7.47. The summed E-state index contributed by atoms with van der Waals surface area (Å²) in [5, 5.41) is 4.32. The van der Waals surface area contributed by atoms with Crippen LogP contribution < -0.4 is 5.32 Å². The third-order valence-electron chi connectivity index (χ3n) is 3.94. The number of hydrogen-bond donors (Lipinski definition) is 1. The molecule has 2 aliphatic rings. The van der Waals surface area contributed by atoms with Gasteiger partial charge < -0.3 is 15.0 Å². The van der Waals surface area contributed by atoms with E-state index in [4.69, 9.17) is 4.74 Å². The Morgan fingerprint density at radius 2 is 2.05 bits per heavy atom. The largest absolute Gasteiger partial charge is 0.444 e. The topological polar surface area (TPSA) is 41.6 Å². The van der Waals surface area contributed by atoms with Gasteiger partial charge in [0.05, 0.1) is 4.87 Å². The molecule has 0 aromatic heterocycles. The van der Waals surface area contributed by atoms with Crippen molar-refractivity contribution in [2.45, 2.75) is 75.6 Å². The number of nitrogens with zero attached hydrogens (tertiary/aromatic N) is 1. The van der Waals surface area contributed by atoms with Crippen LogP contribution in [0.1, 0.15) is 54.4 Å². The fourth-order valence-corrected chi connectivity index (χ4v) is 4.93. The van der Waals surface area contributed by atoms with Crippen LogP contribution >= 0.6 is 11.8 Å². The number of amides is 1. The van der Waals surface area contributed by atoms with Gasteiger partial charge in [0.1, 0.15) is 5.60 Å². The first kappa shape index (κ1) is 16.0. The summed E-state index contributed by atoms with van der Waals surface area (Å²) in [4.78, 5) is 14.4. The zero-order valence-corrected chi connectivity index (χ0v) is 14.4. The molecule has 2 unspecified atom stereocenters. The molecule has 2 rings (SSSR count). The Kier molecular flexibility index (Phi) is 4.06. The van der Waals surface area contributed by atoms with Crippen molar-refractivity contribution in [1.29, 1.82) is 0 Å². The van der Waals surface area contributed by atoms with Gasteiger partial charge in [0.15, 0.2) is 0 Å². The van der Waals surface area contributed by atoms with Crippen molar-refractivity contribution in [2.75, 3.05) is 13.1 Å². The molecule has 1 N–H and O–H groups in total. The SMILES string of the molecule is CC1CNC2(CCN(C(=O)OC(C)(C)C)C(C)(C)C2)S1. The average molecular weight is 300 g/mol. The first-order chi connectivity index (χ1) is 9.03. The fraction of sp³-hybridized carbons (Fsp3) is 0.933. The number of hydrogen-bond acceptors (Lipinski definition) is 4. The molecule has 2 aliphatic heterocycles. The van der Waals surface area contributed by atoms with Crippen LogP contribution in [-0.4, -0.2) is 45.3 Å². The summed E-state index contributed by atoms with van der Waals surface area (Å²) < 4.78 is 5.54. The third kappa shape index (κ3) is 3.42. The molecule has 0 aromatic rings. The molecular weight excluding hydrogens is 272 g/mol. The van der Waals surface area contributed by atoms with Gasteiger partial charge in [-0.3, -0.25) is 0 Å². The lowest BCUT2D eigenvalue weighted by Crippen LogP contribution is -2.60. The van der Waals surface area contributed by atoms with Gasteiger partial charge >= 0.3 is 6.09 Å². The van der Waals surface area contributed by atoms with Gasteiger partial charge in [-0.05, 0) is 47.5 Å². The lowest BCUT2D eigenvalue weighted by molar-refractivity contribution is -0.0129. The van der Waals surface area contributed by atoms with Crippen LogP contribution in [0.5, 0.6) is 0 Å². The second-order valence-electron chi connectivity index (χ2n) is 7.67. The Bertz CT molecular complexity index is 392. The minimum absolute atomic E-state index is 0.140. The van der Waals surface area contributed by atoms with E-state index < -0.39 is 5.60 Å². The molecule has 20 heavy (non-hydrogen) atoms. The van der Waals surface area contributed by atoms with Crippen molar-refractivity contribution in [3.63, 3.8) is 0 Å². The first-order valence-corrected chi connectivity index (χ1v) is 8.35. The normalized spacial score (nSPS) is 33.5. The minimum atomic E-state index is -0.433. The van der Waals surface area contributed by atoms with Gasteiger partial charge in [0.2, 0.25) is 0 Å². The third-order valence-corrected chi connectivity index (χ3v) is 5.45. The molecule has 2 atom stereocenters. The molecule has 2 saturated heterocycles. The Labute approximate surface area is 127 Å². The van der Waals surface area contributed by atoms with E-state index in [0.29, 0.717) is 5.25 Å². The fourth-order valence-electron chi connectivity index (χ4n) is 3.18. The smallest absolute Gasteiger partial charge is 0.410 e. The van der Waals surface area contributed by atoms with Crippen molar-refractivity contribution in [2.24, 2.45) is 0 Å². The van der Waals surface area contributed by atoms with Crippen LogP contribution in [0.15, 0.2) is 0 Å². The quantitative estimate of drug-likeness (QED) is 0.746. The highest BCUT2D eigenvalue weighted by atomic mass is 32.2. The van der Waals surface area contributed by atoms with Crippen molar-refractivity contribution in [1.82, 2.24) is 10.2 Å². The number of carbonyl (C=O) groups is 1. The molecule has 2 heterocycles. The molecule has 2 fully saturated rings. The summed E-state index contributed by atoms with van der Waals surface area (Å²) in [6.07, 6.45) is 1.77. The average Bonchev–Trinajstić information content (AvgIpc) is 2.55. The predicted octanol–water partition coefficient (Wildman–Crippen LogP) is 3.22. The van der Waals surface area contributed by atoms with Gasteiger partial charge in [-0.2, -0.15) is 0 Å². The van der Waals surface area contributed by atoms with Gasteiger partial charge in [0.25, 0.3) is 0 Å². The number of ether oxygens (including phenoxy) is 1. The Morgan fingerprint density at radius 3 is 2.50 bits per heavy atom. The Hall–Kier alpha value is -0.420. The molecule has 0 radical (unpaired) electrons. The van der Waals surface area contributed by atoms with Crippen LogP contribution in [0, 0.1) is 0 Å². The minimum Gasteiger partial charge on any atom is -0.444 e. The number of nitrogens with one attached hydrogen (secondary N) is 1. The van der Waals surface area contributed by atoms with Gasteiger partial charge in [-0.15, -0.1) is 11.8 Å². The summed E-state index contributed by atoms with van der Waals surface area (Å²) in [5.41, 5.74) is -0.609. The highest BCUT2D eigenvalue weighted by Gasteiger charge is 2.49. The van der Waals surface area contributed by atoms with Crippen molar-refractivity contribution in [3.8, 4) is 0 Å². The standard InChI is InChI=1S/C15H28N2O2S/c1-11-9-16-15(20-11)7-8-17(14(5,6)10-15)12(18)19-13(2,3)4/h11,16H,7-10H2,1-6H3. The van der Waals surface area contributed by atoms with Crippen molar-refractivity contribution in [3.05, 3.63) is 0 Å². The van der Waals surface area contributed by atoms with E-state index in [2.05, 4.69) is 26.1 Å². The summed E-state index contributed by atoms with van der Waals surface area (Å²) >= 11 is 2.03. The molecular formula is C15H28N2O2S. The van der Waals surface area contributed by atoms with Gasteiger partial charge in [-0.25, -0.2) is 4.79 Å². The Morgan fingerprint density at radius 1 is 1.40 bits per heavy atom. The van der Waals surface area contributed by atoms with Crippen LogP contribution in [0.2, 0.25) is 0 Å². The van der Waals surface area contributed by atoms with Crippen molar-refractivity contribution >= 4 is 17.9 Å². The van der Waals surface area contributed by atoms with E-state index in [9.17, 15) is 4.79 Å². The molecule has 4 nitrogen and oxygen atoms in total. The molecule has 1 amide bonds. The number of rotatable bonds is 0. The maximum absolute atomic E-state index is 12.4. The van der Waals surface area contributed by atoms with E-state index in [-0.39, 0.29) is 16.5 Å². The molecule has 116 valence electrons. The lowest BCUT2D eigenvalue weighted by Gasteiger charge is -2.49. The monoisotopic (exact) mass is 300 g/mol. The molecule has 0 aliphatic carbocycles. The van der Waals surface area contributed by atoms with Crippen LogP contribution in [0.4, 0.5) is 4.79 Å².